The predicted octanol–water partition coefficient (Wildman–Crippen LogP) is 5.10. The molecule has 2 aromatic carbocycles. The summed E-state index contributed by atoms with van der Waals surface area (Å²) in [5, 5.41) is 3.70. The summed E-state index contributed by atoms with van der Waals surface area (Å²) in [5.74, 6) is 0.530. The van der Waals surface area contributed by atoms with Gasteiger partial charge in [0.25, 0.3) is 0 Å². The van der Waals surface area contributed by atoms with E-state index < -0.39 is 0 Å². The molecule has 5 nitrogen and oxygen atoms in total. The van der Waals surface area contributed by atoms with Gasteiger partial charge < -0.3 is 9.47 Å². The van der Waals surface area contributed by atoms with Crippen molar-refractivity contribution in [1.82, 2.24) is 9.97 Å². The number of esters is 1. The Kier molecular flexibility index (Phi) is 5.64. The zero-order valence-electron chi connectivity index (χ0n) is 15.3. The topological polar surface area (TPSA) is 61.3 Å². The predicted molar refractivity (Wildman–Crippen MR) is 112 cm³/mol. The molecule has 4 rings (SSSR count). The van der Waals surface area contributed by atoms with Gasteiger partial charge in [-0.05, 0) is 24.3 Å². The number of aryl methyl sites for hydroxylation is 1. The highest BCUT2D eigenvalue weighted by atomic mass is 32.1. The molecular weight excluding hydrogens is 392 g/mol. The van der Waals surface area contributed by atoms with Gasteiger partial charge in [-0.2, -0.15) is 0 Å². The summed E-state index contributed by atoms with van der Waals surface area (Å²) in [6.45, 7) is 0.171. The Balaban J connectivity index is 1.32. The Bertz CT molecular complexity index is 1070. The third-order valence-electron chi connectivity index (χ3n) is 4.15. The number of carbonyl (C=O) groups excluding carboxylic acids is 1. The highest BCUT2D eigenvalue weighted by Crippen LogP contribution is 2.32. The van der Waals surface area contributed by atoms with E-state index in [0.29, 0.717) is 12.8 Å². The molecule has 0 saturated heterocycles. The molecule has 28 heavy (non-hydrogen) atoms. The molecule has 0 amide bonds. The molecule has 2 aromatic heterocycles. The summed E-state index contributed by atoms with van der Waals surface area (Å²) in [6.07, 6.45) is 0.894. The van der Waals surface area contributed by atoms with E-state index in [1.54, 1.807) is 18.4 Å². The third-order valence-corrected chi connectivity index (χ3v) is 6.17. The van der Waals surface area contributed by atoms with Crippen LogP contribution >= 0.6 is 22.7 Å². The molecule has 0 aliphatic carbocycles. The first-order valence-corrected chi connectivity index (χ1v) is 10.5. The van der Waals surface area contributed by atoms with Gasteiger partial charge in [-0.15, -0.1) is 22.7 Å². The average molecular weight is 411 g/mol. The second-order valence-corrected chi connectivity index (χ2v) is 8.05. The van der Waals surface area contributed by atoms with Gasteiger partial charge in [0.2, 0.25) is 0 Å². The lowest BCUT2D eigenvalue weighted by Crippen LogP contribution is -2.06. The van der Waals surface area contributed by atoms with Crippen molar-refractivity contribution in [2.45, 2.75) is 19.4 Å². The molecule has 0 unspecified atom stereocenters. The summed E-state index contributed by atoms with van der Waals surface area (Å²) in [5.41, 5.74) is 2.64. The molecule has 0 bridgehead atoms. The molecule has 142 valence electrons. The van der Waals surface area contributed by atoms with Crippen LogP contribution in [0.3, 0.4) is 0 Å². The minimum Gasteiger partial charge on any atom is -0.496 e. The van der Waals surface area contributed by atoms with Gasteiger partial charge >= 0.3 is 5.97 Å². The van der Waals surface area contributed by atoms with E-state index in [0.717, 1.165) is 37.2 Å². The minimum atomic E-state index is -0.244. The fraction of sp³-hybridized carbons (Fsp3) is 0.190. The standard InChI is InChI=1S/C21H18N2O3S2/c1-25-17-8-4-2-6-15(17)21-22-14(13-27-21)12-26-20(24)11-10-19-23-16-7-3-5-9-18(16)28-19/h2-9,13H,10-12H2,1H3. The van der Waals surface area contributed by atoms with E-state index in [4.69, 9.17) is 9.47 Å². The lowest BCUT2D eigenvalue weighted by atomic mass is 10.2. The highest BCUT2D eigenvalue weighted by molar-refractivity contribution is 7.18. The number of methoxy groups -OCH3 is 1. The van der Waals surface area contributed by atoms with Crippen molar-refractivity contribution in [3.63, 3.8) is 0 Å². The van der Waals surface area contributed by atoms with Crippen molar-refractivity contribution in [3.05, 3.63) is 64.6 Å². The molecule has 0 saturated carbocycles. The smallest absolute Gasteiger partial charge is 0.306 e. The monoisotopic (exact) mass is 410 g/mol. The molecule has 0 aliphatic rings. The van der Waals surface area contributed by atoms with Crippen molar-refractivity contribution in [2.75, 3.05) is 7.11 Å². The Morgan fingerprint density at radius 1 is 1.07 bits per heavy atom. The zero-order chi connectivity index (χ0) is 19.3. The lowest BCUT2D eigenvalue weighted by Gasteiger charge is -2.04. The largest absolute Gasteiger partial charge is 0.496 e. The number of carbonyl (C=O) groups is 1. The van der Waals surface area contributed by atoms with Gasteiger partial charge in [-0.25, -0.2) is 9.97 Å². The summed E-state index contributed by atoms with van der Waals surface area (Å²) >= 11 is 3.12. The van der Waals surface area contributed by atoms with Crippen molar-refractivity contribution in [1.29, 1.82) is 0 Å². The summed E-state index contributed by atoms with van der Waals surface area (Å²) in [7, 11) is 1.64. The van der Waals surface area contributed by atoms with E-state index in [2.05, 4.69) is 9.97 Å². The quantitative estimate of drug-likeness (QED) is 0.397. The van der Waals surface area contributed by atoms with Crippen LogP contribution in [0.1, 0.15) is 17.1 Å². The second-order valence-electron chi connectivity index (χ2n) is 6.08. The summed E-state index contributed by atoms with van der Waals surface area (Å²) in [6, 6.07) is 15.7. The van der Waals surface area contributed by atoms with Crippen LogP contribution in [0.2, 0.25) is 0 Å². The molecule has 7 heteroatoms. The maximum absolute atomic E-state index is 12.1. The Morgan fingerprint density at radius 2 is 1.89 bits per heavy atom. The van der Waals surface area contributed by atoms with Crippen LogP contribution in [0.4, 0.5) is 0 Å². The van der Waals surface area contributed by atoms with Gasteiger partial charge in [-0.3, -0.25) is 4.79 Å². The van der Waals surface area contributed by atoms with E-state index in [1.807, 2.05) is 53.9 Å². The van der Waals surface area contributed by atoms with Gasteiger partial charge in [0, 0.05) is 11.8 Å². The summed E-state index contributed by atoms with van der Waals surface area (Å²) in [4.78, 5) is 21.2. The number of thiazole rings is 2. The van der Waals surface area contributed by atoms with Crippen molar-refractivity contribution in [2.24, 2.45) is 0 Å². The van der Waals surface area contributed by atoms with Gasteiger partial charge in [0.05, 0.1) is 40.0 Å². The first-order chi connectivity index (χ1) is 13.7. The molecular formula is C21H18N2O3S2. The number of hydrogen-bond acceptors (Lipinski definition) is 7. The first kappa shape index (κ1) is 18.6. The van der Waals surface area contributed by atoms with E-state index >= 15 is 0 Å². The highest BCUT2D eigenvalue weighted by Gasteiger charge is 2.12. The van der Waals surface area contributed by atoms with Gasteiger partial charge in [0.1, 0.15) is 17.4 Å². The van der Waals surface area contributed by atoms with E-state index in [-0.39, 0.29) is 12.6 Å². The van der Waals surface area contributed by atoms with Gasteiger partial charge in [0.15, 0.2) is 0 Å². The van der Waals surface area contributed by atoms with Crippen molar-refractivity contribution < 1.29 is 14.3 Å². The normalized spacial score (nSPS) is 10.9. The molecule has 0 radical (unpaired) electrons. The molecule has 0 N–H and O–H groups in total. The number of hydrogen-bond donors (Lipinski definition) is 0. The molecule has 0 spiro atoms. The lowest BCUT2D eigenvalue weighted by molar-refractivity contribution is -0.145. The maximum atomic E-state index is 12.1. The summed E-state index contributed by atoms with van der Waals surface area (Å²) < 4.78 is 11.9. The molecule has 0 aliphatic heterocycles. The fourth-order valence-corrected chi connectivity index (χ4v) is 4.58. The van der Waals surface area contributed by atoms with E-state index in [9.17, 15) is 4.79 Å². The van der Waals surface area contributed by atoms with E-state index in [1.165, 1.54) is 11.3 Å². The number of nitrogens with zero attached hydrogens (tertiary/aromatic N) is 2. The zero-order valence-corrected chi connectivity index (χ0v) is 16.9. The van der Waals surface area contributed by atoms with Gasteiger partial charge in [-0.1, -0.05) is 24.3 Å². The Labute approximate surface area is 170 Å². The van der Waals surface area contributed by atoms with Crippen LogP contribution in [-0.2, 0) is 22.6 Å². The number of rotatable bonds is 7. The average Bonchev–Trinajstić information content (AvgIpc) is 3.37. The fourth-order valence-electron chi connectivity index (χ4n) is 2.78. The number of para-hydroxylation sites is 2. The Hall–Kier alpha value is -2.77. The first-order valence-electron chi connectivity index (χ1n) is 8.81. The molecule has 0 atom stereocenters. The SMILES string of the molecule is COc1ccccc1-c1nc(COC(=O)CCc2nc3ccccc3s2)cs1. The van der Waals surface area contributed by atoms with Crippen LogP contribution in [0.25, 0.3) is 20.8 Å². The number of ether oxygens (including phenoxy) is 2. The molecule has 2 heterocycles. The van der Waals surface area contributed by atoms with Crippen LogP contribution < -0.4 is 4.74 Å². The number of aromatic nitrogens is 2. The minimum absolute atomic E-state index is 0.171. The van der Waals surface area contributed by atoms with Crippen LogP contribution in [0.15, 0.2) is 53.9 Å². The van der Waals surface area contributed by atoms with Crippen LogP contribution in [0, 0.1) is 0 Å². The maximum Gasteiger partial charge on any atom is 0.306 e. The van der Waals surface area contributed by atoms with Crippen molar-refractivity contribution in [3.8, 4) is 16.3 Å². The third kappa shape index (κ3) is 4.21. The van der Waals surface area contributed by atoms with Crippen LogP contribution in [0.5, 0.6) is 5.75 Å². The number of fused-ring (bicyclic) bond motifs is 1. The molecule has 0 fully saturated rings. The number of benzene rings is 2. The van der Waals surface area contributed by atoms with Crippen molar-refractivity contribution >= 4 is 38.9 Å². The van der Waals surface area contributed by atoms with Crippen LogP contribution in [-0.4, -0.2) is 23.0 Å². The second kappa shape index (κ2) is 8.50. The Morgan fingerprint density at radius 3 is 2.75 bits per heavy atom. The molecule has 4 aromatic rings.